The van der Waals surface area contributed by atoms with Crippen molar-refractivity contribution in [1.82, 2.24) is 0 Å². The lowest BCUT2D eigenvalue weighted by atomic mass is 10.3. The monoisotopic (exact) mass is 162 g/mol. The fourth-order valence-electron chi connectivity index (χ4n) is 0.664. The number of hydrogen-bond acceptors (Lipinski definition) is 4. The zero-order valence-corrected chi connectivity index (χ0v) is 6.87. The van der Waals surface area contributed by atoms with Crippen LogP contribution >= 0.6 is 0 Å². The Labute approximate surface area is 66.1 Å². The van der Waals surface area contributed by atoms with E-state index in [4.69, 9.17) is 5.11 Å². The van der Waals surface area contributed by atoms with Gasteiger partial charge in [0.2, 0.25) is 0 Å². The van der Waals surface area contributed by atoms with Crippen LogP contribution in [0.1, 0.15) is 13.3 Å². The Bertz CT molecular complexity index is 113. The van der Waals surface area contributed by atoms with Gasteiger partial charge in [0.1, 0.15) is 0 Å². The van der Waals surface area contributed by atoms with Crippen molar-refractivity contribution in [3.63, 3.8) is 0 Å². The topological polar surface area (TPSA) is 55.8 Å². The van der Waals surface area contributed by atoms with Gasteiger partial charge in [0.25, 0.3) is 0 Å². The summed E-state index contributed by atoms with van der Waals surface area (Å²) in [6, 6.07) is 0. The number of esters is 1. The summed E-state index contributed by atoms with van der Waals surface area (Å²) in [7, 11) is 1.47. The average Bonchev–Trinajstić information content (AvgIpc) is 1.87. The predicted molar refractivity (Wildman–Crippen MR) is 39.1 cm³/mol. The largest absolute Gasteiger partial charge is 0.466 e. The van der Waals surface area contributed by atoms with Crippen LogP contribution in [0.4, 0.5) is 0 Å². The number of hydrogen-bond donors (Lipinski definition) is 1. The van der Waals surface area contributed by atoms with Crippen molar-refractivity contribution in [3.05, 3.63) is 0 Å². The molecule has 0 rings (SSSR count). The van der Waals surface area contributed by atoms with Gasteiger partial charge in [-0.3, -0.25) is 4.79 Å². The van der Waals surface area contributed by atoms with Crippen LogP contribution in [0.3, 0.4) is 0 Å². The molecule has 0 heterocycles. The van der Waals surface area contributed by atoms with E-state index in [0.717, 1.165) is 0 Å². The molecule has 1 atom stereocenters. The van der Waals surface area contributed by atoms with Crippen molar-refractivity contribution in [2.24, 2.45) is 0 Å². The van der Waals surface area contributed by atoms with E-state index in [1.165, 1.54) is 7.11 Å². The zero-order chi connectivity index (χ0) is 8.69. The van der Waals surface area contributed by atoms with Crippen LogP contribution in [0, 0.1) is 0 Å². The molecule has 0 radical (unpaired) electrons. The van der Waals surface area contributed by atoms with Gasteiger partial charge in [-0.1, -0.05) is 0 Å². The highest BCUT2D eigenvalue weighted by Gasteiger charge is 2.10. The second-order valence-electron chi connectivity index (χ2n) is 2.12. The number of carbonyl (C=O) groups excluding carboxylic acids is 1. The van der Waals surface area contributed by atoms with Gasteiger partial charge in [-0.2, -0.15) is 0 Å². The third kappa shape index (κ3) is 5.82. The summed E-state index contributed by atoms with van der Waals surface area (Å²) in [5, 5.41) is 9.02. The molecule has 4 nitrogen and oxygen atoms in total. The average molecular weight is 162 g/mol. The van der Waals surface area contributed by atoms with Gasteiger partial charge in [0, 0.05) is 7.11 Å². The Morgan fingerprint density at radius 3 is 2.73 bits per heavy atom. The molecule has 0 saturated carbocycles. The molecule has 0 spiro atoms. The fraction of sp³-hybridized carbons (Fsp3) is 0.857. The minimum atomic E-state index is -0.751. The van der Waals surface area contributed by atoms with Crippen molar-refractivity contribution >= 4 is 5.97 Å². The molecule has 0 aromatic rings. The van der Waals surface area contributed by atoms with Crippen LogP contribution in [-0.4, -0.2) is 37.5 Å². The minimum absolute atomic E-state index is 0.00167. The smallest absolute Gasteiger partial charge is 0.308 e. The number of aliphatic hydroxyl groups is 1. The molecule has 0 saturated heterocycles. The van der Waals surface area contributed by atoms with Gasteiger partial charge < -0.3 is 14.6 Å². The molecule has 0 aliphatic rings. The number of carbonyl (C=O) groups is 1. The predicted octanol–water partition coefficient (Wildman–Crippen LogP) is -0.0531. The number of methoxy groups -OCH3 is 1. The van der Waals surface area contributed by atoms with E-state index in [0.29, 0.717) is 6.61 Å². The van der Waals surface area contributed by atoms with Crippen LogP contribution < -0.4 is 0 Å². The molecule has 0 unspecified atom stereocenters. The zero-order valence-electron chi connectivity index (χ0n) is 6.87. The maximum atomic E-state index is 10.7. The summed E-state index contributed by atoms with van der Waals surface area (Å²) >= 11 is 0. The van der Waals surface area contributed by atoms with E-state index in [-0.39, 0.29) is 13.0 Å². The molecule has 0 aliphatic carbocycles. The lowest BCUT2D eigenvalue weighted by Crippen LogP contribution is -2.20. The molecule has 4 heteroatoms. The van der Waals surface area contributed by atoms with E-state index < -0.39 is 12.1 Å². The first-order valence-corrected chi connectivity index (χ1v) is 3.53. The van der Waals surface area contributed by atoms with Crippen molar-refractivity contribution in [1.29, 1.82) is 0 Å². The van der Waals surface area contributed by atoms with Crippen molar-refractivity contribution in [3.8, 4) is 0 Å². The fourth-order valence-corrected chi connectivity index (χ4v) is 0.664. The van der Waals surface area contributed by atoms with Crippen LogP contribution in [0.5, 0.6) is 0 Å². The standard InChI is InChI=1S/C7H14O4/c1-3-11-7(9)4-6(8)5-10-2/h6,8H,3-5H2,1-2H3/t6-/m0/s1. The first-order valence-electron chi connectivity index (χ1n) is 3.53. The van der Waals surface area contributed by atoms with Gasteiger partial charge in [-0.15, -0.1) is 0 Å². The number of ether oxygens (including phenoxy) is 2. The molecular weight excluding hydrogens is 148 g/mol. The van der Waals surface area contributed by atoms with Crippen LogP contribution in [0.25, 0.3) is 0 Å². The molecule has 1 N–H and O–H groups in total. The third-order valence-electron chi connectivity index (χ3n) is 1.07. The minimum Gasteiger partial charge on any atom is -0.466 e. The van der Waals surface area contributed by atoms with Crippen molar-refractivity contribution in [2.75, 3.05) is 20.3 Å². The molecule has 0 amide bonds. The molecule has 0 fully saturated rings. The van der Waals surface area contributed by atoms with Crippen molar-refractivity contribution < 1.29 is 19.4 Å². The maximum Gasteiger partial charge on any atom is 0.308 e. The Morgan fingerprint density at radius 1 is 1.64 bits per heavy atom. The Hall–Kier alpha value is -0.610. The quantitative estimate of drug-likeness (QED) is 0.576. The van der Waals surface area contributed by atoms with Crippen LogP contribution in [-0.2, 0) is 14.3 Å². The normalized spacial score (nSPS) is 12.6. The third-order valence-corrected chi connectivity index (χ3v) is 1.07. The van der Waals surface area contributed by atoms with Gasteiger partial charge >= 0.3 is 5.97 Å². The summed E-state index contributed by atoms with van der Waals surface area (Å²) in [6.45, 7) is 2.23. The Balaban J connectivity index is 3.40. The highest BCUT2D eigenvalue weighted by Crippen LogP contribution is 1.94. The van der Waals surface area contributed by atoms with Crippen LogP contribution in [0.2, 0.25) is 0 Å². The summed E-state index contributed by atoms with van der Waals surface area (Å²) in [5.41, 5.74) is 0. The molecule has 0 aromatic carbocycles. The first-order chi connectivity index (χ1) is 5.20. The molecule has 0 bridgehead atoms. The van der Waals surface area contributed by atoms with E-state index >= 15 is 0 Å². The SMILES string of the molecule is CCOC(=O)C[C@H](O)COC. The second kappa shape index (κ2) is 6.12. The summed E-state index contributed by atoms with van der Waals surface area (Å²) in [4.78, 5) is 10.7. The summed E-state index contributed by atoms with van der Waals surface area (Å²) in [6.07, 6.45) is -0.749. The van der Waals surface area contributed by atoms with Gasteiger partial charge in [-0.25, -0.2) is 0 Å². The van der Waals surface area contributed by atoms with Gasteiger partial charge in [0.15, 0.2) is 0 Å². The Kier molecular flexibility index (Phi) is 5.78. The van der Waals surface area contributed by atoms with E-state index in [2.05, 4.69) is 9.47 Å². The maximum absolute atomic E-state index is 10.7. The molecule has 0 aliphatic heterocycles. The van der Waals surface area contributed by atoms with E-state index in [1.807, 2.05) is 0 Å². The lowest BCUT2D eigenvalue weighted by molar-refractivity contribution is -0.146. The molecular formula is C7H14O4. The van der Waals surface area contributed by atoms with Crippen molar-refractivity contribution in [2.45, 2.75) is 19.4 Å². The second-order valence-corrected chi connectivity index (χ2v) is 2.12. The summed E-state index contributed by atoms with van der Waals surface area (Å²) < 4.78 is 9.23. The van der Waals surface area contributed by atoms with E-state index in [1.54, 1.807) is 6.92 Å². The van der Waals surface area contributed by atoms with Crippen LogP contribution in [0.15, 0.2) is 0 Å². The summed E-state index contributed by atoms with van der Waals surface area (Å²) in [5.74, 6) is -0.392. The molecule has 11 heavy (non-hydrogen) atoms. The lowest BCUT2D eigenvalue weighted by Gasteiger charge is -2.07. The molecule has 0 aromatic heterocycles. The van der Waals surface area contributed by atoms with E-state index in [9.17, 15) is 4.79 Å². The van der Waals surface area contributed by atoms with Gasteiger partial charge in [0.05, 0.1) is 25.7 Å². The number of rotatable bonds is 5. The highest BCUT2D eigenvalue weighted by atomic mass is 16.5. The van der Waals surface area contributed by atoms with Gasteiger partial charge in [-0.05, 0) is 6.92 Å². The molecule has 66 valence electrons. The highest BCUT2D eigenvalue weighted by molar-refractivity contribution is 5.69. The number of aliphatic hydroxyl groups excluding tert-OH is 1. The first kappa shape index (κ1) is 10.4. The Morgan fingerprint density at radius 2 is 2.27 bits per heavy atom.